The highest BCUT2D eigenvalue weighted by Crippen LogP contribution is 2.30. The maximum Gasteiger partial charge on any atom is 0.241 e. The summed E-state index contributed by atoms with van der Waals surface area (Å²) < 4.78 is 27.7. The summed E-state index contributed by atoms with van der Waals surface area (Å²) in [7, 11) is -1.54. The minimum atomic E-state index is -3.42. The number of nitrogens with one attached hydrogen (secondary N) is 2. The molecule has 5 heteroatoms. The third kappa shape index (κ3) is 3.40. The van der Waals surface area contributed by atoms with E-state index in [9.17, 15) is 8.42 Å². The summed E-state index contributed by atoms with van der Waals surface area (Å²) in [5, 5.41) is 3.14. The molecule has 0 heterocycles. The van der Waals surface area contributed by atoms with E-state index in [1.165, 1.54) is 0 Å². The van der Waals surface area contributed by atoms with Gasteiger partial charge in [-0.05, 0) is 51.4 Å². The summed E-state index contributed by atoms with van der Waals surface area (Å²) in [5.74, 6) is 0. The predicted octanol–water partition coefficient (Wildman–Crippen LogP) is 2.58. The molecule has 1 aromatic carbocycles. The zero-order valence-corrected chi connectivity index (χ0v) is 13.3. The average molecular weight is 296 g/mol. The fourth-order valence-electron chi connectivity index (χ4n) is 2.74. The fraction of sp³-hybridized carbons (Fsp3) is 0.600. The highest BCUT2D eigenvalue weighted by molar-refractivity contribution is 7.89. The molecule has 0 aromatic heterocycles. The lowest BCUT2D eigenvalue weighted by molar-refractivity contribution is 0.427. The zero-order chi connectivity index (χ0) is 14.8. The van der Waals surface area contributed by atoms with Crippen molar-refractivity contribution in [1.29, 1.82) is 0 Å². The smallest absolute Gasteiger partial charge is 0.241 e. The van der Waals surface area contributed by atoms with E-state index in [-0.39, 0.29) is 11.6 Å². The molecule has 0 amide bonds. The van der Waals surface area contributed by atoms with Crippen LogP contribution >= 0.6 is 0 Å². The Bertz CT molecular complexity index is 546. The van der Waals surface area contributed by atoms with Gasteiger partial charge < -0.3 is 5.32 Å². The van der Waals surface area contributed by atoms with E-state index >= 15 is 0 Å². The molecule has 4 nitrogen and oxygen atoms in total. The molecule has 1 saturated carbocycles. The summed E-state index contributed by atoms with van der Waals surface area (Å²) in [6.07, 6.45) is 4.03. The number of hydrogen-bond donors (Lipinski definition) is 2. The van der Waals surface area contributed by atoms with Crippen LogP contribution in [0.15, 0.2) is 29.2 Å². The largest absolute Gasteiger partial charge is 0.313 e. The third-order valence-electron chi connectivity index (χ3n) is 4.21. The monoisotopic (exact) mass is 296 g/mol. The van der Waals surface area contributed by atoms with Crippen LogP contribution in [0.3, 0.4) is 0 Å². The van der Waals surface area contributed by atoms with Gasteiger partial charge in [-0.3, -0.25) is 0 Å². The van der Waals surface area contributed by atoms with Gasteiger partial charge in [0.15, 0.2) is 0 Å². The summed E-state index contributed by atoms with van der Waals surface area (Å²) in [5.41, 5.74) is 0.800. The van der Waals surface area contributed by atoms with Crippen LogP contribution in [0, 0.1) is 0 Å². The van der Waals surface area contributed by atoms with Crippen LogP contribution in [0.2, 0.25) is 0 Å². The van der Waals surface area contributed by atoms with Crippen LogP contribution in [-0.2, 0) is 10.0 Å². The Labute approximate surface area is 122 Å². The molecule has 20 heavy (non-hydrogen) atoms. The molecule has 1 unspecified atom stereocenters. The third-order valence-corrected chi connectivity index (χ3v) is 5.87. The van der Waals surface area contributed by atoms with E-state index in [1.807, 2.05) is 33.0 Å². The van der Waals surface area contributed by atoms with E-state index in [1.54, 1.807) is 12.1 Å². The summed E-state index contributed by atoms with van der Waals surface area (Å²) in [6.45, 7) is 4.04. The van der Waals surface area contributed by atoms with Crippen LogP contribution in [0.4, 0.5) is 0 Å². The normalized spacial score (nSPS) is 19.9. The lowest BCUT2D eigenvalue weighted by Gasteiger charge is -2.25. The Balaban J connectivity index is 2.17. The second kappa shape index (κ2) is 5.84. The molecule has 112 valence electrons. The summed E-state index contributed by atoms with van der Waals surface area (Å²) in [6, 6.07) is 7.32. The Morgan fingerprint density at radius 3 is 2.20 bits per heavy atom. The molecule has 0 radical (unpaired) electrons. The zero-order valence-electron chi connectivity index (χ0n) is 12.4. The van der Waals surface area contributed by atoms with Crippen molar-refractivity contribution in [2.75, 3.05) is 7.05 Å². The Hall–Kier alpha value is -0.910. The van der Waals surface area contributed by atoms with Crippen molar-refractivity contribution in [2.24, 2.45) is 0 Å². The number of hydrogen-bond acceptors (Lipinski definition) is 3. The lowest BCUT2D eigenvalue weighted by Crippen LogP contribution is -2.43. The van der Waals surface area contributed by atoms with Gasteiger partial charge in [0.1, 0.15) is 0 Å². The highest BCUT2D eigenvalue weighted by Gasteiger charge is 2.33. The SMILES string of the molecule is CNC(C)c1ccc(S(=O)(=O)NC2(C)CCCC2)cc1. The van der Waals surface area contributed by atoms with E-state index in [2.05, 4.69) is 10.0 Å². The predicted molar refractivity (Wildman–Crippen MR) is 81.1 cm³/mol. The first-order valence-electron chi connectivity index (χ1n) is 7.17. The van der Waals surface area contributed by atoms with Crippen LogP contribution in [0.1, 0.15) is 51.1 Å². The van der Waals surface area contributed by atoms with Gasteiger partial charge in [0.25, 0.3) is 0 Å². The van der Waals surface area contributed by atoms with Gasteiger partial charge in [-0.25, -0.2) is 13.1 Å². The number of benzene rings is 1. The topological polar surface area (TPSA) is 58.2 Å². The molecule has 1 aromatic rings. The molecule has 2 N–H and O–H groups in total. The summed E-state index contributed by atoms with van der Waals surface area (Å²) in [4.78, 5) is 0.345. The van der Waals surface area contributed by atoms with Gasteiger partial charge in [-0.1, -0.05) is 25.0 Å². The van der Waals surface area contributed by atoms with Gasteiger partial charge in [0.2, 0.25) is 10.0 Å². The molecule has 1 aliphatic carbocycles. The van der Waals surface area contributed by atoms with Crippen LogP contribution in [-0.4, -0.2) is 21.0 Å². The first-order valence-corrected chi connectivity index (χ1v) is 8.66. The fourth-order valence-corrected chi connectivity index (χ4v) is 4.21. The molecule has 1 atom stereocenters. The van der Waals surface area contributed by atoms with Gasteiger partial charge in [-0.2, -0.15) is 0 Å². The molecule has 0 bridgehead atoms. The first-order chi connectivity index (χ1) is 9.36. The molecule has 0 aliphatic heterocycles. The standard InChI is InChI=1S/C15H24N2O2S/c1-12(16-3)13-6-8-14(9-7-13)20(18,19)17-15(2)10-4-5-11-15/h6-9,12,16-17H,4-5,10-11H2,1-3H3. The van der Waals surface area contributed by atoms with Gasteiger partial charge in [-0.15, -0.1) is 0 Å². The van der Waals surface area contributed by atoms with E-state index < -0.39 is 10.0 Å². The Kier molecular flexibility index (Phi) is 4.52. The Morgan fingerprint density at radius 2 is 1.70 bits per heavy atom. The summed E-state index contributed by atoms with van der Waals surface area (Å²) >= 11 is 0. The second-order valence-electron chi connectivity index (χ2n) is 5.95. The van der Waals surface area contributed by atoms with Crippen molar-refractivity contribution in [1.82, 2.24) is 10.0 Å². The van der Waals surface area contributed by atoms with Crippen molar-refractivity contribution in [3.05, 3.63) is 29.8 Å². The molecule has 1 fully saturated rings. The van der Waals surface area contributed by atoms with Crippen molar-refractivity contribution in [3.8, 4) is 0 Å². The Morgan fingerprint density at radius 1 is 1.15 bits per heavy atom. The minimum Gasteiger partial charge on any atom is -0.313 e. The maximum absolute atomic E-state index is 12.4. The van der Waals surface area contributed by atoms with E-state index in [0.29, 0.717) is 4.90 Å². The number of sulfonamides is 1. The highest BCUT2D eigenvalue weighted by atomic mass is 32.2. The quantitative estimate of drug-likeness (QED) is 0.878. The van der Waals surface area contributed by atoms with Crippen LogP contribution < -0.4 is 10.0 Å². The molecule has 2 rings (SSSR count). The van der Waals surface area contributed by atoms with Gasteiger partial charge in [0.05, 0.1) is 4.90 Å². The van der Waals surface area contributed by atoms with Crippen molar-refractivity contribution in [2.45, 2.75) is 56.0 Å². The molecule has 1 aliphatic rings. The van der Waals surface area contributed by atoms with E-state index in [4.69, 9.17) is 0 Å². The average Bonchev–Trinajstić information content (AvgIpc) is 2.83. The van der Waals surface area contributed by atoms with E-state index in [0.717, 1.165) is 31.2 Å². The first kappa shape index (κ1) is 15.5. The van der Waals surface area contributed by atoms with Crippen LogP contribution in [0.5, 0.6) is 0 Å². The van der Waals surface area contributed by atoms with Crippen molar-refractivity contribution < 1.29 is 8.42 Å². The molecular formula is C15H24N2O2S. The van der Waals surface area contributed by atoms with Crippen LogP contribution in [0.25, 0.3) is 0 Å². The molecule has 0 saturated heterocycles. The van der Waals surface area contributed by atoms with Gasteiger partial charge in [0, 0.05) is 11.6 Å². The lowest BCUT2D eigenvalue weighted by atomic mass is 10.0. The molecular weight excluding hydrogens is 272 g/mol. The molecule has 0 spiro atoms. The van der Waals surface area contributed by atoms with Crippen molar-refractivity contribution >= 4 is 10.0 Å². The minimum absolute atomic E-state index is 0.215. The second-order valence-corrected chi connectivity index (χ2v) is 7.64. The van der Waals surface area contributed by atoms with Crippen molar-refractivity contribution in [3.63, 3.8) is 0 Å². The maximum atomic E-state index is 12.4. The van der Waals surface area contributed by atoms with Gasteiger partial charge >= 0.3 is 0 Å². The number of rotatable bonds is 5.